The van der Waals surface area contributed by atoms with Crippen molar-refractivity contribution in [2.75, 3.05) is 19.6 Å². The Morgan fingerprint density at radius 2 is 1.96 bits per heavy atom. The van der Waals surface area contributed by atoms with E-state index in [-0.39, 0.29) is 11.9 Å². The van der Waals surface area contributed by atoms with Crippen LogP contribution in [-0.2, 0) is 0 Å². The fraction of sp³-hybridized carbons (Fsp3) is 0.300. The Hall–Kier alpha value is -2.86. The van der Waals surface area contributed by atoms with Crippen LogP contribution < -0.4 is 5.32 Å². The Morgan fingerprint density at radius 3 is 2.69 bits per heavy atom. The predicted molar refractivity (Wildman–Crippen MR) is 98.2 cm³/mol. The number of aromatic nitrogens is 2. The number of amides is 1. The Bertz CT molecular complexity index is 836. The van der Waals surface area contributed by atoms with Crippen molar-refractivity contribution in [3.8, 4) is 5.69 Å². The van der Waals surface area contributed by atoms with Crippen molar-refractivity contribution in [2.45, 2.75) is 18.9 Å². The molecule has 0 bridgehead atoms. The van der Waals surface area contributed by atoms with E-state index in [1.54, 1.807) is 23.4 Å². The van der Waals surface area contributed by atoms with Crippen molar-refractivity contribution in [1.29, 1.82) is 0 Å². The number of likely N-dealkylation sites (tertiary alicyclic amines) is 1. The second-order valence-corrected chi connectivity index (χ2v) is 6.47. The van der Waals surface area contributed by atoms with Gasteiger partial charge in [-0.3, -0.25) is 14.3 Å². The summed E-state index contributed by atoms with van der Waals surface area (Å²) in [5, 5.41) is 3.06. The summed E-state index contributed by atoms with van der Waals surface area (Å²) in [5.74, 6) is 0.755. The summed E-state index contributed by atoms with van der Waals surface area (Å²) in [6.07, 6.45) is 7.32. The molecule has 0 saturated carbocycles. The average Bonchev–Trinajstić information content (AvgIpc) is 3.44. The van der Waals surface area contributed by atoms with Crippen molar-refractivity contribution in [3.05, 3.63) is 72.7 Å². The Labute approximate surface area is 152 Å². The second kappa shape index (κ2) is 7.58. The molecule has 134 valence electrons. The van der Waals surface area contributed by atoms with E-state index in [2.05, 4.69) is 15.2 Å². The lowest BCUT2D eigenvalue weighted by Crippen LogP contribution is -2.37. The first kappa shape index (κ1) is 16.6. The van der Waals surface area contributed by atoms with Crippen molar-refractivity contribution in [1.82, 2.24) is 19.8 Å². The largest absolute Gasteiger partial charge is 0.468 e. The molecule has 1 amide bonds. The molecule has 2 aromatic heterocycles. The van der Waals surface area contributed by atoms with E-state index in [1.807, 2.05) is 42.5 Å². The molecule has 1 N–H and O–H groups in total. The first-order valence-electron chi connectivity index (χ1n) is 8.96. The highest BCUT2D eigenvalue weighted by atomic mass is 16.3. The maximum Gasteiger partial charge on any atom is 0.269 e. The monoisotopic (exact) mass is 350 g/mol. The number of hydrogen-bond acceptors (Lipinski definition) is 4. The van der Waals surface area contributed by atoms with Gasteiger partial charge >= 0.3 is 0 Å². The summed E-state index contributed by atoms with van der Waals surface area (Å²) >= 11 is 0. The molecule has 0 radical (unpaired) electrons. The molecule has 1 aliphatic heterocycles. The van der Waals surface area contributed by atoms with Crippen molar-refractivity contribution in [3.63, 3.8) is 0 Å². The highest BCUT2D eigenvalue weighted by Crippen LogP contribution is 2.25. The summed E-state index contributed by atoms with van der Waals surface area (Å²) < 4.78 is 7.41. The normalized spacial score (nSPS) is 15.8. The highest BCUT2D eigenvalue weighted by molar-refractivity contribution is 5.93. The number of rotatable bonds is 6. The van der Waals surface area contributed by atoms with E-state index in [0.29, 0.717) is 12.2 Å². The van der Waals surface area contributed by atoms with E-state index < -0.39 is 0 Å². The lowest BCUT2D eigenvalue weighted by molar-refractivity contribution is 0.0927. The fourth-order valence-electron chi connectivity index (χ4n) is 3.48. The molecule has 6 nitrogen and oxygen atoms in total. The van der Waals surface area contributed by atoms with Crippen LogP contribution in [0.25, 0.3) is 5.69 Å². The van der Waals surface area contributed by atoms with Crippen LogP contribution in [0.4, 0.5) is 0 Å². The standard InChI is InChI=1S/C20H22N4O2/c25-20(18-13-21-15-24(18)16-7-2-1-3-8-16)22-14-17(19-9-6-12-26-19)23-10-4-5-11-23/h1-3,6-9,12-13,15,17H,4-5,10-11,14H2,(H,22,25). The first-order valence-corrected chi connectivity index (χ1v) is 8.96. The van der Waals surface area contributed by atoms with Gasteiger partial charge in [-0.1, -0.05) is 18.2 Å². The van der Waals surface area contributed by atoms with Crippen LogP contribution in [0, 0.1) is 0 Å². The molecular weight excluding hydrogens is 328 g/mol. The molecule has 1 saturated heterocycles. The Morgan fingerprint density at radius 1 is 1.15 bits per heavy atom. The lowest BCUT2D eigenvalue weighted by atomic mass is 10.2. The SMILES string of the molecule is O=C(NCC(c1ccco1)N1CCCC1)c1cncn1-c1ccccc1. The number of furan rings is 1. The van der Waals surface area contributed by atoms with Gasteiger partial charge in [0.05, 0.1) is 24.8 Å². The zero-order valence-electron chi connectivity index (χ0n) is 14.5. The van der Waals surface area contributed by atoms with Crippen LogP contribution in [-0.4, -0.2) is 40.0 Å². The van der Waals surface area contributed by atoms with Crippen LogP contribution in [0.2, 0.25) is 0 Å². The van der Waals surface area contributed by atoms with Gasteiger partial charge in [0.15, 0.2) is 0 Å². The minimum absolute atomic E-state index is 0.0598. The Kier molecular flexibility index (Phi) is 4.84. The third-order valence-corrected chi connectivity index (χ3v) is 4.81. The van der Waals surface area contributed by atoms with Gasteiger partial charge < -0.3 is 9.73 Å². The molecule has 3 heterocycles. The van der Waals surface area contributed by atoms with Crippen LogP contribution >= 0.6 is 0 Å². The zero-order chi connectivity index (χ0) is 17.8. The van der Waals surface area contributed by atoms with Gasteiger partial charge in [-0.05, 0) is 50.2 Å². The van der Waals surface area contributed by atoms with E-state index in [0.717, 1.165) is 24.5 Å². The summed E-state index contributed by atoms with van der Waals surface area (Å²) in [5.41, 5.74) is 1.44. The van der Waals surface area contributed by atoms with E-state index in [9.17, 15) is 4.79 Å². The fourth-order valence-corrected chi connectivity index (χ4v) is 3.48. The molecule has 1 fully saturated rings. The van der Waals surface area contributed by atoms with Gasteiger partial charge in [-0.25, -0.2) is 4.98 Å². The number of carbonyl (C=O) groups is 1. The zero-order valence-corrected chi connectivity index (χ0v) is 14.5. The number of imidazole rings is 1. The molecular formula is C20H22N4O2. The van der Waals surface area contributed by atoms with Crippen molar-refractivity contribution < 1.29 is 9.21 Å². The molecule has 1 unspecified atom stereocenters. The number of nitrogens with zero attached hydrogens (tertiary/aromatic N) is 3. The molecule has 3 aromatic rings. The maximum absolute atomic E-state index is 12.8. The van der Waals surface area contributed by atoms with Crippen molar-refractivity contribution in [2.24, 2.45) is 0 Å². The van der Waals surface area contributed by atoms with Crippen LogP contribution in [0.15, 0.2) is 65.7 Å². The molecule has 6 heteroatoms. The summed E-state index contributed by atoms with van der Waals surface area (Å²) in [6.45, 7) is 2.57. The van der Waals surface area contributed by atoms with E-state index >= 15 is 0 Å². The summed E-state index contributed by atoms with van der Waals surface area (Å²) in [7, 11) is 0. The first-order chi connectivity index (χ1) is 12.8. The molecule has 0 spiro atoms. The second-order valence-electron chi connectivity index (χ2n) is 6.47. The third kappa shape index (κ3) is 3.41. The van der Waals surface area contributed by atoms with Crippen LogP contribution in [0.5, 0.6) is 0 Å². The van der Waals surface area contributed by atoms with Crippen molar-refractivity contribution >= 4 is 5.91 Å². The number of para-hydroxylation sites is 1. The van der Waals surface area contributed by atoms with Gasteiger partial charge in [0, 0.05) is 12.2 Å². The molecule has 1 aromatic carbocycles. The van der Waals surface area contributed by atoms with E-state index in [1.165, 1.54) is 12.8 Å². The summed E-state index contributed by atoms with van der Waals surface area (Å²) in [4.78, 5) is 19.3. The average molecular weight is 350 g/mol. The molecule has 1 atom stereocenters. The van der Waals surface area contributed by atoms with Gasteiger partial charge in [-0.2, -0.15) is 0 Å². The quantitative estimate of drug-likeness (QED) is 0.742. The number of benzene rings is 1. The molecule has 0 aliphatic carbocycles. The molecule has 26 heavy (non-hydrogen) atoms. The van der Waals surface area contributed by atoms with Gasteiger partial charge in [-0.15, -0.1) is 0 Å². The Balaban J connectivity index is 1.49. The summed E-state index contributed by atoms with van der Waals surface area (Å²) in [6, 6.07) is 13.7. The molecule has 4 rings (SSSR count). The number of carbonyl (C=O) groups excluding carboxylic acids is 1. The minimum atomic E-state index is -0.137. The number of nitrogens with one attached hydrogen (secondary N) is 1. The smallest absolute Gasteiger partial charge is 0.269 e. The third-order valence-electron chi connectivity index (χ3n) is 4.81. The van der Waals surface area contributed by atoms with Crippen LogP contribution in [0.3, 0.4) is 0 Å². The van der Waals surface area contributed by atoms with Gasteiger partial charge in [0.25, 0.3) is 5.91 Å². The predicted octanol–water partition coefficient (Wildman–Crippen LogP) is 3.03. The maximum atomic E-state index is 12.8. The lowest BCUT2D eigenvalue weighted by Gasteiger charge is -2.26. The topological polar surface area (TPSA) is 63.3 Å². The van der Waals surface area contributed by atoms with Gasteiger partial charge in [0.2, 0.25) is 0 Å². The number of hydrogen-bond donors (Lipinski definition) is 1. The van der Waals surface area contributed by atoms with E-state index in [4.69, 9.17) is 4.42 Å². The minimum Gasteiger partial charge on any atom is -0.468 e. The van der Waals surface area contributed by atoms with Crippen LogP contribution in [0.1, 0.15) is 35.1 Å². The van der Waals surface area contributed by atoms with Gasteiger partial charge in [0.1, 0.15) is 11.5 Å². The highest BCUT2D eigenvalue weighted by Gasteiger charge is 2.26. The molecule has 1 aliphatic rings.